The van der Waals surface area contributed by atoms with Crippen molar-refractivity contribution in [1.29, 1.82) is 0 Å². The molecule has 4 rings (SSSR count). The highest BCUT2D eigenvalue weighted by atomic mass is 16.5. The average Bonchev–Trinajstić information content (AvgIpc) is 3.40. The summed E-state index contributed by atoms with van der Waals surface area (Å²) in [5, 5.41) is 32.6. The third-order valence-corrected chi connectivity index (χ3v) is 5.62. The van der Waals surface area contributed by atoms with Gasteiger partial charge in [-0.2, -0.15) is 0 Å². The van der Waals surface area contributed by atoms with Crippen LogP contribution in [-0.2, 0) is 11.2 Å². The average molecular weight is 478 g/mol. The Morgan fingerprint density at radius 2 is 2.14 bits per heavy atom. The number of esters is 1. The molecule has 1 aliphatic heterocycles. The molecule has 0 spiro atoms. The number of nitrogens with zero attached hydrogens (tertiary/aromatic N) is 2. The maximum Gasteiger partial charge on any atom is 0.347 e. The number of aliphatic imine (C=N–C) groups is 1. The minimum atomic E-state index is -0.758. The highest BCUT2D eigenvalue weighted by Crippen LogP contribution is 2.39. The first-order chi connectivity index (χ1) is 16.9. The zero-order valence-corrected chi connectivity index (χ0v) is 19.5. The largest absolute Gasteiger partial charge is 0.504 e. The zero-order chi connectivity index (χ0) is 24.9. The Morgan fingerprint density at radius 3 is 2.89 bits per heavy atom. The number of aromatic hydroxyl groups is 1. The van der Waals surface area contributed by atoms with Crippen LogP contribution in [0.2, 0.25) is 0 Å². The predicted octanol–water partition coefficient (Wildman–Crippen LogP) is 4.15. The molecular weight excluding hydrogens is 450 g/mol. The number of nitrogens with one attached hydrogen (secondary N) is 1. The van der Waals surface area contributed by atoms with Crippen molar-refractivity contribution in [1.82, 2.24) is 4.98 Å². The van der Waals surface area contributed by atoms with Crippen LogP contribution in [0.1, 0.15) is 46.2 Å². The molecule has 0 bridgehead atoms. The number of hydrogen-bond acceptors (Lipinski definition) is 9. The first-order valence-corrected chi connectivity index (χ1v) is 11.3. The lowest BCUT2D eigenvalue weighted by Crippen LogP contribution is -2.12. The van der Waals surface area contributed by atoms with Gasteiger partial charge in [0, 0.05) is 29.2 Å². The molecule has 3 aromatic rings. The van der Waals surface area contributed by atoms with Gasteiger partial charge in [0.25, 0.3) is 0 Å². The summed E-state index contributed by atoms with van der Waals surface area (Å²) in [6, 6.07) is 9.30. The van der Waals surface area contributed by atoms with Crippen molar-refractivity contribution >= 4 is 41.2 Å². The number of aliphatic hydroxyl groups is 2. The van der Waals surface area contributed by atoms with Gasteiger partial charge < -0.3 is 29.8 Å². The molecule has 0 fully saturated rings. The van der Waals surface area contributed by atoms with Crippen molar-refractivity contribution in [2.75, 3.05) is 18.5 Å². The van der Waals surface area contributed by atoms with E-state index in [1.165, 1.54) is 0 Å². The predicted molar refractivity (Wildman–Crippen MR) is 132 cm³/mol. The molecule has 0 saturated heterocycles. The van der Waals surface area contributed by atoms with E-state index in [4.69, 9.17) is 14.3 Å². The number of ether oxygens (including phenoxy) is 1. The monoisotopic (exact) mass is 477 g/mol. The third-order valence-electron chi connectivity index (χ3n) is 5.62. The van der Waals surface area contributed by atoms with Gasteiger partial charge >= 0.3 is 5.97 Å². The molecule has 1 atom stereocenters. The molecule has 35 heavy (non-hydrogen) atoms. The number of hydrogen-bond donors (Lipinski definition) is 4. The van der Waals surface area contributed by atoms with Gasteiger partial charge in [-0.1, -0.05) is 12.1 Å². The van der Waals surface area contributed by atoms with Crippen LogP contribution >= 0.6 is 0 Å². The fourth-order valence-electron chi connectivity index (χ4n) is 3.77. The minimum absolute atomic E-state index is 0.0562. The maximum absolute atomic E-state index is 12.7. The van der Waals surface area contributed by atoms with E-state index in [-0.39, 0.29) is 36.2 Å². The van der Waals surface area contributed by atoms with E-state index in [0.29, 0.717) is 29.9 Å². The molecule has 0 aliphatic carbocycles. The van der Waals surface area contributed by atoms with Gasteiger partial charge in [-0.05, 0) is 62.1 Å². The minimum Gasteiger partial charge on any atom is -0.504 e. The maximum atomic E-state index is 12.7. The second-order valence-electron chi connectivity index (χ2n) is 8.12. The molecule has 0 saturated carbocycles. The van der Waals surface area contributed by atoms with Crippen LogP contribution in [0.5, 0.6) is 5.75 Å². The Labute approximate surface area is 202 Å². The van der Waals surface area contributed by atoms with E-state index in [1.54, 1.807) is 31.5 Å². The second kappa shape index (κ2) is 10.5. The molecule has 0 radical (unpaired) electrons. The number of benzene rings is 1. The van der Waals surface area contributed by atoms with Gasteiger partial charge in [0.2, 0.25) is 5.88 Å². The summed E-state index contributed by atoms with van der Waals surface area (Å²) < 4.78 is 11.0. The zero-order valence-electron chi connectivity index (χ0n) is 19.5. The van der Waals surface area contributed by atoms with Gasteiger partial charge in [-0.3, -0.25) is 0 Å². The van der Waals surface area contributed by atoms with Gasteiger partial charge in [-0.25, -0.2) is 14.8 Å². The smallest absolute Gasteiger partial charge is 0.347 e. The molecule has 1 unspecified atom stereocenters. The normalized spacial score (nSPS) is 14.2. The number of furan rings is 1. The number of anilines is 2. The fourth-order valence-corrected chi connectivity index (χ4v) is 3.77. The Morgan fingerprint density at radius 1 is 1.31 bits per heavy atom. The summed E-state index contributed by atoms with van der Waals surface area (Å²) in [6.07, 6.45) is 5.16. The number of carbonyl (C=O) groups is 1. The van der Waals surface area contributed by atoms with E-state index in [2.05, 4.69) is 15.3 Å². The van der Waals surface area contributed by atoms with Crippen LogP contribution in [0.3, 0.4) is 0 Å². The van der Waals surface area contributed by atoms with E-state index in [1.807, 2.05) is 31.2 Å². The summed E-state index contributed by atoms with van der Waals surface area (Å²) >= 11 is 0. The van der Waals surface area contributed by atoms with Crippen molar-refractivity contribution in [3.63, 3.8) is 0 Å². The summed E-state index contributed by atoms with van der Waals surface area (Å²) in [5.74, 6) is -0.343. The van der Waals surface area contributed by atoms with E-state index >= 15 is 0 Å². The van der Waals surface area contributed by atoms with Crippen LogP contribution in [0.4, 0.5) is 17.4 Å². The topological polar surface area (TPSA) is 137 Å². The molecule has 9 nitrogen and oxygen atoms in total. The lowest BCUT2D eigenvalue weighted by atomic mass is 10.0. The lowest BCUT2D eigenvalue weighted by molar-refractivity contribution is 0.0524. The van der Waals surface area contributed by atoms with E-state index in [0.717, 1.165) is 16.7 Å². The van der Waals surface area contributed by atoms with Gasteiger partial charge in [-0.15, -0.1) is 0 Å². The Bertz CT molecular complexity index is 1290. The molecular formula is C26H27N3O6. The molecule has 0 amide bonds. The van der Waals surface area contributed by atoms with Crippen LogP contribution in [0.25, 0.3) is 11.6 Å². The lowest BCUT2D eigenvalue weighted by Gasteiger charge is -2.12. The van der Waals surface area contributed by atoms with Crippen molar-refractivity contribution in [2.24, 2.45) is 4.99 Å². The number of rotatable bonds is 9. The van der Waals surface area contributed by atoms with E-state index in [9.17, 15) is 15.0 Å². The molecule has 182 valence electrons. The van der Waals surface area contributed by atoms with Gasteiger partial charge in [0.15, 0.2) is 22.9 Å². The number of allylic oxidation sites excluding steroid dienone is 1. The van der Waals surface area contributed by atoms with Crippen molar-refractivity contribution in [3.05, 3.63) is 64.5 Å². The summed E-state index contributed by atoms with van der Waals surface area (Å²) in [4.78, 5) is 21.1. The summed E-state index contributed by atoms with van der Waals surface area (Å²) in [5.41, 5.74) is 3.90. The number of aromatic nitrogens is 1. The SMILES string of the molecule is CCOC(=O)c1c(Nc2ccc(CCC(O)CO)cc2C)oc(C=C2C=Nc3ncccc32)c1O. The molecule has 2 aromatic heterocycles. The Hall–Kier alpha value is -3.95. The van der Waals surface area contributed by atoms with Gasteiger partial charge in [0.05, 0.1) is 19.3 Å². The number of fused-ring (bicyclic) bond motifs is 1. The van der Waals surface area contributed by atoms with Crippen molar-refractivity contribution < 1.29 is 29.3 Å². The number of pyridine rings is 1. The number of aryl methyl sites for hydroxylation is 2. The van der Waals surface area contributed by atoms with Crippen LogP contribution in [-0.4, -0.2) is 51.8 Å². The molecule has 1 aromatic carbocycles. The quantitative estimate of drug-likeness (QED) is 0.337. The van der Waals surface area contributed by atoms with Crippen molar-refractivity contribution in [3.8, 4) is 5.75 Å². The first-order valence-electron chi connectivity index (χ1n) is 11.3. The molecule has 3 heterocycles. The first kappa shape index (κ1) is 24.2. The molecule has 1 aliphatic rings. The number of aliphatic hydroxyl groups excluding tert-OH is 2. The van der Waals surface area contributed by atoms with Crippen LogP contribution in [0.15, 0.2) is 45.9 Å². The van der Waals surface area contributed by atoms with Crippen molar-refractivity contribution in [2.45, 2.75) is 32.8 Å². The highest BCUT2D eigenvalue weighted by Gasteiger charge is 2.27. The fraction of sp³-hybridized carbons (Fsp3) is 0.269. The third kappa shape index (κ3) is 5.26. The number of carbonyl (C=O) groups excluding carboxylic acids is 1. The van der Waals surface area contributed by atoms with E-state index < -0.39 is 12.1 Å². The highest BCUT2D eigenvalue weighted by molar-refractivity contribution is 6.21. The van der Waals surface area contributed by atoms with Crippen LogP contribution < -0.4 is 5.32 Å². The van der Waals surface area contributed by atoms with Crippen LogP contribution in [0, 0.1) is 6.92 Å². The standard InChI is InChI=1S/C26H27N3O6/c1-3-34-26(33)22-23(32)21(12-17-13-28-24-19(17)5-4-10-27-24)35-25(22)29-20-9-7-16(11-15(20)2)6-8-18(31)14-30/h4-5,7,9-13,18,29-32H,3,6,8,14H2,1-2H3. The second-order valence-corrected chi connectivity index (χ2v) is 8.12. The van der Waals surface area contributed by atoms with Gasteiger partial charge in [0.1, 0.15) is 0 Å². The Balaban J connectivity index is 1.65. The Kier molecular flexibility index (Phi) is 7.28. The molecule has 4 N–H and O–H groups in total. The summed E-state index contributed by atoms with van der Waals surface area (Å²) in [7, 11) is 0. The summed E-state index contributed by atoms with van der Waals surface area (Å²) in [6.45, 7) is 3.44. The molecule has 9 heteroatoms.